The molecule has 1 aromatic rings. The predicted molar refractivity (Wildman–Crippen MR) is 73.1 cm³/mol. The van der Waals surface area contributed by atoms with Crippen LogP contribution in [0.25, 0.3) is 0 Å². The molecule has 0 unspecified atom stereocenters. The summed E-state index contributed by atoms with van der Waals surface area (Å²) in [5.74, 6) is -1.91. The van der Waals surface area contributed by atoms with Crippen LogP contribution in [0, 0.1) is 5.82 Å². The highest BCUT2D eigenvalue weighted by Gasteiger charge is 2.16. The quantitative estimate of drug-likeness (QED) is 0.816. The van der Waals surface area contributed by atoms with Crippen molar-refractivity contribution in [1.82, 2.24) is 5.32 Å². The van der Waals surface area contributed by atoms with Gasteiger partial charge in [0.15, 0.2) is 0 Å². The Hall–Kier alpha value is -2.31. The molecule has 0 radical (unpaired) electrons. The van der Waals surface area contributed by atoms with Crippen molar-refractivity contribution >= 4 is 12.1 Å². The fourth-order valence-corrected chi connectivity index (χ4v) is 1.42. The molecule has 0 aliphatic heterocycles. The van der Waals surface area contributed by atoms with Crippen LogP contribution in [0.1, 0.15) is 31.1 Å². The normalized spacial score (nSPS) is 10.9. The molecule has 6 nitrogen and oxygen atoms in total. The number of ether oxygens (including phenoxy) is 2. The van der Waals surface area contributed by atoms with Gasteiger partial charge in [0.05, 0.1) is 6.54 Å². The Bertz CT molecular complexity index is 525. The summed E-state index contributed by atoms with van der Waals surface area (Å²) in [6.07, 6.45) is -0.608. The number of benzene rings is 1. The largest absolute Gasteiger partial charge is 0.491 e. The van der Waals surface area contributed by atoms with E-state index in [9.17, 15) is 14.0 Å². The van der Waals surface area contributed by atoms with Crippen LogP contribution in [0.2, 0.25) is 0 Å². The van der Waals surface area contributed by atoms with Crippen molar-refractivity contribution < 1.29 is 28.6 Å². The van der Waals surface area contributed by atoms with Gasteiger partial charge in [-0.05, 0) is 32.9 Å². The summed E-state index contributed by atoms with van der Waals surface area (Å²) in [4.78, 5) is 22.3. The maximum atomic E-state index is 13.1. The number of halogens is 1. The molecule has 0 aliphatic rings. The number of hydrogen-bond donors (Lipinski definition) is 2. The van der Waals surface area contributed by atoms with E-state index in [1.54, 1.807) is 20.8 Å². The Balaban J connectivity index is 2.48. The van der Waals surface area contributed by atoms with Crippen molar-refractivity contribution in [2.24, 2.45) is 0 Å². The van der Waals surface area contributed by atoms with Gasteiger partial charge in [-0.1, -0.05) is 0 Å². The molecule has 0 atom stereocenters. The van der Waals surface area contributed by atoms with E-state index >= 15 is 0 Å². The Labute approximate surface area is 121 Å². The minimum absolute atomic E-state index is 0.0109. The summed E-state index contributed by atoms with van der Waals surface area (Å²) in [7, 11) is 0. The van der Waals surface area contributed by atoms with Gasteiger partial charge < -0.3 is 19.9 Å². The highest BCUT2D eigenvalue weighted by atomic mass is 19.1. The molecular formula is C14H18FNO5. The lowest BCUT2D eigenvalue weighted by Gasteiger charge is -2.19. The number of nitrogens with one attached hydrogen (secondary N) is 1. The molecule has 0 heterocycles. The van der Waals surface area contributed by atoms with E-state index in [-0.39, 0.29) is 24.5 Å². The van der Waals surface area contributed by atoms with Gasteiger partial charge in [0.25, 0.3) is 0 Å². The number of carboxylic acids is 1. The molecule has 0 aliphatic carbocycles. The molecule has 0 bridgehead atoms. The van der Waals surface area contributed by atoms with Gasteiger partial charge in [-0.25, -0.2) is 14.0 Å². The zero-order chi connectivity index (χ0) is 16.0. The second-order valence-electron chi connectivity index (χ2n) is 5.22. The van der Waals surface area contributed by atoms with Gasteiger partial charge in [-0.2, -0.15) is 0 Å². The van der Waals surface area contributed by atoms with Crippen LogP contribution in [-0.4, -0.2) is 35.9 Å². The summed E-state index contributed by atoms with van der Waals surface area (Å²) in [6, 6.07) is 3.14. The number of alkyl carbamates (subject to hydrolysis) is 1. The highest BCUT2D eigenvalue weighted by Crippen LogP contribution is 2.19. The van der Waals surface area contributed by atoms with E-state index in [1.807, 2.05) is 0 Å². The van der Waals surface area contributed by atoms with Gasteiger partial charge in [0.1, 0.15) is 29.3 Å². The summed E-state index contributed by atoms with van der Waals surface area (Å²) in [5.41, 5.74) is -0.752. The minimum Gasteiger partial charge on any atom is -0.491 e. The third-order valence-corrected chi connectivity index (χ3v) is 2.20. The molecule has 2 N–H and O–H groups in total. The van der Waals surface area contributed by atoms with Crippen LogP contribution in [0.15, 0.2) is 18.2 Å². The van der Waals surface area contributed by atoms with Crippen molar-refractivity contribution in [2.75, 3.05) is 13.2 Å². The van der Waals surface area contributed by atoms with Gasteiger partial charge in [0, 0.05) is 6.07 Å². The number of hydrogen-bond acceptors (Lipinski definition) is 4. The van der Waals surface area contributed by atoms with Crippen LogP contribution >= 0.6 is 0 Å². The average Bonchev–Trinajstić information content (AvgIpc) is 2.32. The van der Waals surface area contributed by atoms with Gasteiger partial charge in [-0.3, -0.25) is 0 Å². The number of amides is 1. The fraction of sp³-hybridized carbons (Fsp3) is 0.429. The Kier molecular flexibility index (Phi) is 5.52. The lowest BCUT2D eigenvalue weighted by Crippen LogP contribution is -2.34. The second-order valence-corrected chi connectivity index (χ2v) is 5.22. The predicted octanol–water partition coefficient (Wildman–Crippen LogP) is 2.43. The van der Waals surface area contributed by atoms with Crippen molar-refractivity contribution in [3.8, 4) is 5.75 Å². The molecule has 116 valence electrons. The number of carboxylic acid groups (broad SMARTS) is 1. The summed E-state index contributed by atoms with van der Waals surface area (Å²) < 4.78 is 23.3. The molecule has 0 spiro atoms. The zero-order valence-corrected chi connectivity index (χ0v) is 12.1. The maximum Gasteiger partial charge on any atom is 0.407 e. The van der Waals surface area contributed by atoms with E-state index in [2.05, 4.69) is 5.32 Å². The average molecular weight is 299 g/mol. The lowest BCUT2D eigenvalue weighted by molar-refractivity contribution is 0.0518. The van der Waals surface area contributed by atoms with Crippen molar-refractivity contribution in [3.05, 3.63) is 29.6 Å². The molecule has 1 amide bonds. The van der Waals surface area contributed by atoms with Crippen LogP contribution in [0.4, 0.5) is 9.18 Å². The SMILES string of the molecule is CC(C)(C)OC(=O)NCCOc1cc(F)ccc1C(=O)O. The first-order chi connectivity index (χ1) is 9.69. The third-order valence-electron chi connectivity index (χ3n) is 2.20. The minimum atomic E-state index is -1.22. The molecule has 0 saturated heterocycles. The van der Waals surface area contributed by atoms with Crippen molar-refractivity contribution in [3.63, 3.8) is 0 Å². The smallest absolute Gasteiger partial charge is 0.407 e. The summed E-state index contributed by atoms with van der Waals surface area (Å²) in [5, 5.41) is 11.4. The first-order valence-electron chi connectivity index (χ1n) is 6.31. The van der Waals surface area contributed by atoms with Crippen LogP contribution in [-0.2, 0) is 4.74 Å². The Morgan fingerprint density at radius 1 is 1.33 bits per heavy atom. The van der Waals surface area contributed by atoms with Crippen LogP contribution in [0.3, 0.4) is 0 Å². The topological polar surface area (TPSA) is 84.9 Å². The number of carbonyl (C=O) groups is 2. The molecule has 0 fully saturated rings. The van der Waals surface area contributed by atoms with Gasteiger partial charge in [-0.15, -0.1) is 0 Å². The van der Waals surface area contributed by atoms with Crippen molar-refractivity contribution in [2.45, 2.75) is 26.4 Å². The van der Waals surface area contributed by atoms with E-state index in [1.165, 1.54) is 0 Å². The van der Waals surface area contributed by atoms with E-state index < -0.39 is 23.5 Å². The molecule has 7 heteroatoms. The van der Waals surface area contributed by atoms with E-state index in [0.29, 0.717) is 0 Å². The van der Waals surface area contributed by atoms with Gasteiger partial charge in [0.2, 0.25) is 0 Å². The molecule has 21 heavy (non-hydrogen) atoms. The Morgan fingerprint density at radius 3 is 2.57 bits per heavy atom. The Morgan fingerprint density at radius 2 is 2.00 bits per heavy atom. The first kappa shape index (κ1) is 16.7. The maximum absolute atomic E-state index is 13.1. The number of carbonyl (C=O) groups excluding carboxylic acids is 1. The van der Waals surface area contributed by atoms with Crippen molar-refractivity contribution in [1.29, 1.82) is 0 Å². The highest BCUT2D eigenvalue weighted by molar-refractivity contribution is 5.90. The lowest BCUT2D eigenvalue weighted by atomic mass is 10.2. The molecule has 1 aromatic carbocycles. The second kappa shape index (κ2) is 6.92. The fourth-order valence-electron chi connectivity index (χ4n) is 1.42. The van der Waals surface area contributed by atoms with E-state index in [0.717, 1.165) is 18.2 Å². The first-order valence-corrected chi connectivity index (χ1v) is 6.31. The number of rotatable bonds is 5. The summed E-state index contributed by atoms with van der Waals surface area (Å²) >= 11 is 0. The molecule has 0 saturated carbocycles. The molecule has 0 aromatic heterocycles. The monoisotopic (exact) mass is 299 g/mol. The zero-order valence-electron chi connectivity index (χ0n) is 12.1. The van der Waals surface area contributed by atoms with Gasteiger partial charge >= 0.3 is 12.1 Å². The standard InChI is InChI=1S/C14H18FNO5/c1-14(2,3)21-13(19)16-6-7-20-11-8-9(15)4-5-10(11)12(17)18/h4-5,8H,6-7H2,1-3H3,(H,16,19)(H,17,18). The number of aromatic carboxylic acids is 1. The third kappa shape index (κ3) is 6.11. The van der Waals surface area contributed by atoms with E-state index in [4.69, 9.17) is 14.6 Å². The van der Waals surface area contributed by atoms with Crippen LogP contribution < -0.4 is 10.1 Å². The molecular weight excluding hydrogens is 281 g/mol. The molecule has 1 rings (SSSR count). The van der Waals surface area contributed by atoms with Crippen LogP contribution in [0.5, 0.6) is 5.75 Å². The summed E-state index contributed by atoms with van der Waals surface area (Å²) in [6.45, 7) is 5.28.